The lowest BCUT2D eigenvalue weighted by atomic mass is 10.4. The van der Waals surface area contributed by atoms with Crippen LogP contribution >= 0.6 is 0 Å². The van der Waals surface area contributed by atoms with E-state index in [2.05, 4.69) is 5.32 Å². The minimum absolute atomic E-state index is 0.0579. The van der Waals surface area contributed by atoms with Crippen LogP contribution in [0.4, 0.5) is 13.2 Å². The van der Waals surface area contributed by atoms with E-state index in [1.54, 1.807) is 6.92 Å². The second-order valence-electron chi connectivity index (χ2n) is 2.99. The predicted octanol–water partition coefficient (Wildman–Crippen LogP) is -0.0209. The highest BCUT2D eigenvalue weighted by molar-refractivity contribution is 5.77. The molecule has 0 aliphatic carbocycles. The Morgan fingerprint density at radius 1 is 1.47 bits per heavy atom. The van der Waals surface area contributed by atoms with Crippen LogP contribution in [0.5, 0.6) is 0 Å². The van der Waals surface area contributed by atoms with Gasteiger partial charge in [-0.3, -0.25) is 9.69 Å². The molecule has 0 spiro atoms. The van der Waals surface area contributed by atoms with Gasteiger partial charge in [0.1, 0.15) is 0 Å². The molecular weight excluding hydrogens is 213 g/mol. The zero-order chi connectivity index (χ0) is 11.9. The summed E-state index contributed by atoms with van der Waals surface area (Å²) in [6, 6.07) is 0. The molecule has 0 heterocycles. The molecule has 0 saturated heterocycles. The van der Waals surface area contributed by atoms with E-state index in [-0.39, 0.29) is 26.2 Å². The van der Waals surface area contributed by atoms with Gasteiger partial charge < -0.3 is 10.4 Å². The van der Waals surface area contributed by atoms with Crippen LogP contribution in [0.25, 0.3) is 0 Å². The Labute approximate surface area is 86.1 Å². The van der Waals surface area contributed by atoms with Crippen LogP contribution in [0, 0.1) is 0 Å². The van der Waals surface area contributed by atoms with Crippen molar-refractivity contribution >= 4 is 5.91 Å². The topological polar surface area (TPSA) is 52.6 Å². The first-order chi connectivity index (χ1) is 6.89. The number of aliphatic hydroxyl groups excluding tert-OH is 1. The van der Waals surface area contributed by atoms with Crippen molar-refractivity contribution < 1.29 is 23.1 Å². The number of rotatable bonds is 6. The monoisotopic (exact) mass is 228 g/mol. The SMILES string of the molecule is CCN(CC(=O)NCCO)CC(F)(F)F. The lowest BCUT2D eigenvalue weighted by Crippen LogP contribution is -2.42. The highest BCUT2D eigenvalue weighted by Gasteiger charge is 2.30. The minimum Gasteiger partial charge on any atom is -0.395 e. The molecule has 0 rings (SSSR count). The van der Waals surface area contributed by atoms with E-state index in [4.69, 9.17) is 5.11 Å². The van der Waals surface area contributed by atoms with Crippen LogP contribution in [0.15, 0.2) is 0 Å². The highest BCUT2D eigenvalue weighted by atomic mass is 19.4. The number of alkyl halides is 3. The molecule has 0 aliphatic rings. The molecule has 0 radical (unpaired) electrons. The largest absolute Gasteiger partial charge is 0.401 e. The normalized spacial score (nSPS) is 11.9. The zero-order valence-corrected chi connectivity index (χ0v) is 8.47. The van der Waals surface area contributed by atoms with Gasteiger partial charge in [0.15, 0.2) is 0 Å². The highest BCUT2D eigenvalue weighted by Crippen LogP contribution is 2.15. The molecule has 2 N–H and O–H groups in total. The van der Waals surface area contributed by atoms with Gasteiger partial charge in [0.2, 0.25) is 5.91 Å². The summed E-state index contributed by atoms with van der Waals surface area (Å²) in [5, 5.41) is 10.7. The molecule has 0 bridgehead atoms. The van der Waals surface area contributed by atoms with Crippen molar-refractivity contribution in [1.29, 1.82) is 0 Å². The number of carbonyl (C=O) groups excluding carboxylic acids is 1. The fraction of sp³-hybridized carbons (Fsp3) is 0.875. The van der Waals surface area contributed by atoms with E-state index < -0.39 is 18.6 Å². The fourth-order valence-corrected chi connectivity index (χ4v) is 0.987. The summed E-state index contributed by atoms with van der Waals surface area (Å²) in [5.41, 5.74) is 0. The fourth-order valence-electron chi connectivity index (χ4n) is 0.987. The second-order valence-corrected chi connectivity index (χ2v) is 2.99. The Bertz CT molecular complexity index is 197. The average Bonchev–Trinajstić information content (AvgIpc) is 2.11. The van der Waals surface area contributed by atoms with E-state index >= 15 is 0 Å². The van der Waals surface area contributed by atoms with E-state index in [1.165, 1.54) is 0 Å². The van der Waals surface area contributed by atoms with Crippen molar-refractivity contribution in [2.45, 2.75) is 13.1 Å². The minimum atomic E-state index is -4.30. The summed E-state index contributed by atoms with van der Waals surface area (Å²) in [7, 11) is 0. The van der Waals surface area contributed by atoms with Gasteiger partial charge in [0, 0.05) is 6.54 Å². The first-order valence-electron chi connectivity index (χ1n) is 4.55. The van der Waals surface area contributed by atoms with Gasteiger partial charge in [-0.25, -0.2) is 0 Å². The molecule has 0 aromatic carbocycles. The van der Waals surface area contributed by atoms with Crippen LogP contribution in [-0.2, 0) is 4.79 Å². The summed E-state index contributed by atoms with van der Waals surface area (Å²) in [6.07, 6.45) is -4.30. The maximum atomic E-state index is 12.0. The van der Waals surface area contributed by atoms with Gasteiger partial charge in [0.25, 0.3) is 0 Å². The summed E-state index contributed by atoms with van der Waals surface area (Å²) >= 11 is 0. The zero-order valence-electron chi connectivity index (χ0n) is 8.47. The van der Waals surface area contributed by atoms with Crippen molar-refractivity contribution in [3.63, 3.8) is 0 Å². The summed E-state index contributed by atoms with van der Waals surface area (Å²) < 4.78 is 35.9. The second kappa shape index (κ2) is 6.62. The summed E-state index contributed by atoms with van der Waals surface area (Å²) in [6.45, 7) is 0.114. The van der Waals surface area contributed by atoms with E-state index in [9.17, 15) is 18.0 Å². The number of likely N-dealkylation sites (N-methyl/N-ethyl adjacent to an activating group) is 1. The van der Waals surface area contributed by atoms with E-state index in [0.717, 1.165) is 4.90 Å². The number of carbonyl (C=O) groups is 1. The maximum Gasteiger partial charge on any atom is 0.401 e. The molecule has 0 saturated carbocycles. The molecule has 7 heteroatoms. The van der Waals surface area contributed by atoms with Crippen LogP contribution in [-0.4, -0.2) is 54.9 Å². The Balaban J connectivity index is 3.93. The molecule has 0 aliphatic heterocycles. The van der Waals surface area contributed by atoms with Gasteiger partial charge >= 0.3 is 6.18 Å². The maximum absolute atomic E-state index is 12.0. The van der Waals surface area contributed by atoms with Crippen LogP contribution in [0.1, 0.15) is 6.92 Å². The van der Waals surface area contributed by atoms with Crippen LogP contribution < -0.4 is 5.32 Å². The molecular formula is C8H15F3N2O2. The third kappa shape index (κ3) is 8.19. The van der Waals surface area contributed by atoms with Crippen LogP contribution in [0.2, 0.25) is 0 Å². The Morgan fingerprint density at radius 2 is 2.07 bits per heavy atom. The Morgan fingerprint density at radius 3 is 2.47 bits per heavy atom. The van der Waals surface area contributed by atoms with Crippen LogP contribution in [0.3, 0.4) is 0 Å². The van der Waals surface area contributed by atoms with E-state index in [1.807, 2.05) is 0 Å². The number of amides is 1. The molecule has 0 aromatic heterocycles. The van der Waals surface area contributed by atoms with Crippen molar-refractivity contribution in [3.05, 3.63) is 0 Å². The van der Waals surface area contributed by atoms with Gasteiger partial charge in [-0.1, -0.05) is 6.92 Å². The van der Waals surface area contributed by atoms with Gasteiger partial charge in [-0.05, 0) is 6.54 Å². The molecule has 0 atom stereocenters. The number of nitrogens with one attached hydrogen (secondary N) is 1. The van der Waals surface area contributed by atoms with E-state index in [0.29, 0.717) is 0 Å². The molecule has 0 unspecified atom stereocenters. The van der Waals surface area contributed by atoms with Crippen molar-refractivity contribution in [3.8, 4) is 0 Å². The van der Waals surface area contributed by atoms with Gasteiger partial charge in [-0.15, -0.1) is 0 Å². The number of hydrogen-bond donors (Lipinski definition) is 2. The number of aliphatic hydroxyl groups is 1. The first-order valence-corrected chi connectivity index (χ1v) is 4.55. The van der Waals surface area contributed by atoms with Crippen molar-refractivity contribution in [2.24, 2.45) is 0 Å². The molecule has 1 amide bonds. The molecule has 15 heavy (non-hydrogen) atoms. The van der Waals surface area contributed by atoms with Crippen molar-refractivity contribution in [1.82, 2.24) is 10.2 Å². The summed E-state index contributed by atoms with van der Waals surface area (Å²) in [5.74, 6) is -0.518. The molecule has 90 valence electrons. The first kappa shape index (κ1) is 14.2. The smallest absolute Gasteiger partial charge is 0.395 e. The van der Waals surface area contributed by atoms with Gasteiger partial charge in [-0.2, -0.15) is 13.2 Å². The average molecular weight is 228 g/mol. The standard InChI is InChI=1S/C8H15F3N2O2/c1-2-13(6-8(9,10)11)5-7(15)12-3-4-14/h14H,2-6H2,1H3,(H,12,15). The van der Waals surface area contributed by atoms with Crippen molar-refractivity contribution in [2.75, 3.05) is 32.8 Å². The summed E-state index contributed by atoms with van der Waals surface area (Å²) in [4.78, 5) is 12.0. The number of hydrogen-bond acceptors (Lipinski definition) is 3. The number of halogens is 3. The third-order valence-electron chi connectivity index (χ3n) is 1.65. The molecule has 0 fully saturated rings. The lowest BCUT2D eigenvalue weighted by Gasteiger charge is -2.20. The lowest BCUT2D eigenvalue weighted by molar-refractivity contribution is -0.148. The van der Waals surface area contributed by atoms with Gasteiger partial charge in [0.05, 0.1) is 19.7 Å². The Kier molecular flexibility index (Phi) is 6.26. The molecule has 0 aromatic rings. The molecule has 4 nitrogen and oxygen atoms in total. The quantitative estimate of drug-likeness (QED) is 0.671. The number of nitrogens with zero attached hydrogens (tertiary/aromatic N) is 1. The Hall–Kier alpha value is -0.820. The predicted molar refractivity (Wildman–Crippen MR) is 48.3 cm³/mol. The third-order valence-corrected chi connectivity index (χ3v) is 1.65.